The topological polar surface area (TPSA) is 101 Å². The Kier molecular flexibility index (Phi) is 18.4. The minimum atomic E-state index is -0.258. The number of amides is 4. The molecule has 0 saturated carbocycles. The third kappa shape index (κ3) is 13.9. The minimum absolute atomic E-state index is 0.258. The van der Waals surface area contributed by atoms with Gasteiger partial charge in [-0.1, -0.05) is 90.5 Å². The lowest BCUT2D eigenvalue weighted by molar-refractivity contribution is 0.0924. The molecule has 236 valence electrons. The number of fused-ring (bicyclic) bond motifs is 1. The number of ether oxygens (including phenoxy) is 2. The number of hydrogen-bond donors (Lipinski definition) is 4. The van der Waals surface area contributed by atoms with Crippen LogP contribution < -0.4 is 21.3 Å². The van der Waals surface area contributed by atoms with Gasteiger partial charge in [-0.3, -0.25) is 0 Å². The molecule has 4 N–H and O–H groups in total. The lowest BCUT2D eigenvalue weighted by atomic mass is 10.0. The first-order chi connectivity index (χ1) is 20.5. The Bertz CT molecular complexity index is 951. The van der Waals surface area contributed by atoms with Crippen LogP contribution in [0.3, 0.4) is 0 Å². The maximum Gasteiger partial charge on any atom is 0.319 e. The molecule has 0 radical (unpaired) electrons. The number of nitrogens with one attached hydrogen (secondary N) is 4. The molecule has 2 rings (SSSR count). The van der Waals surface area contributed by atoms with E-state index in [1.165, 1.54) is 38.5 Å². The highest BCUT2D eigenvalue weighted by Gasteiger charge is 2.11. The van der Waals surface area contributed by atoms with E-state index in [1.54, 1.807) is 0 Å². The van der Waals surface area contributed by atoms with E-state index in [-0.39, 0.29) is 12.1 Å². The second-order valence-electron chi connectivity index (χ2n) is 11.2. The molecule has 0 aliphatic heterocycles. The highest BCUT2D eigenvalue weighted by molar-refractivity contribution is 6.08. The molecule has 0 bridgehead atoms. The zero-order chi connectivity index (χ0) is 30.4. The van der Waals surface area contributed by atoms with Gasteiger partial charge in [0, 0.05) is 50.3 Å². The molecule has 0 spiro atoms. The van der Waals surface area contributed by atoms with Crippen molar-refractivity contribution in [3.8, 4) is 0 Å². The van der Waals surface area contributed by atoms with Crippen molar-refractivity contribution in [3.05, 3.63) is 36.4 Å². The molecule has 4 amide bonds. The lowest BCUT2D eigenvalue weighted by Crippen LogP contribution is -2.30. The highest BCUT2D eigenvalue weighted by atomic mass is 16.5. The Balaban J connectivity index is 1.74. The summed E-state index contributed by atoms with van der Waals surface area (Å²) < 4.78 is 11.7. The van der Waals surface area contributed by atoms with Crippen LogP contribution in [0.15, 0.2) is 36.4 Å². The van der Waals surface area contributed by atoms with Gasteiger partial charge in [0.2, 0.25) is 0 Å². The zero-order valence-corrected chi connectivity index (χ0v) is 26.6. The molecule has 0 aliphatic rings. The molecule has 8 nitrogen and oxygen atoms in total. The summed E-state index contributed by atoms with van der Waals surface area (Å²) in [6.07, 6.45) is 11.2. The summed E-state index contributed by atoms with van der Waals surface area (Å²) in [6, 6.07) is 10.8. The van der Waals surface area contributed by atoms with Crippen LogP contribution >= 0.6 is 0 Å². The number of anilines is 2. The monoisotopic (exact) mass is 584 g/mol. The molecule has 2 atom stereocenters. The van der Waals surface area contributed by atoms with E-state index in [0.29, 0.717) is 49.5 Å². The Labute approximate surface area is 254 Å². The van der Waals surface area contributed by atoms with Crippen molar-refractivity contribution in [3.63, 3.8) is 0 Å². The third-order valence-corrected chi connectivity index (χ3v) is 7.71. The third-order valence-electron chi connectivity index (χ3n) is 7.71. The fourth-order valence-corrected chi connectivity index (χ4v) is 4.91. The van der Waals surface area contributed by atoms with Crippen LogP contribution in [0, 0.1) is 11.8 Å². The average Bonchev–Trinajstić information content (AvgIpc) is 3.00. The largest absolute Gasteiger partial charge is 0.381 e. The van der Waals surface area contributed by atoms with E-state index in [2.05, 4.69) is 49.0 Å². The maximum atomic E-state index is 12.6. The second kappa shape index (κ2) is 21.8. The van der Waals surface area contributed by atoms with Crippen molar-refractivity contribution >= 4 is 34.2 Å². The molecule has 2 aromatic carbocycles. The van der Waals surface area contributed by atoms with Crippen LogP contribution in [0.25, 0.3) is 10.8 Å². The molecule has 2 aromatic rings. The molecular formula is C34H56N4O4. The van der Waals surface area contributed by atoms with E-state index in [0.717, 1.165) is 49.7 Å². The van der Waals surface area contributed by atoms with Gasteiger partial charge in [0.15, 0.2) is 0 Å². The summed E-state index contributed by atoms with van der Waals surface area (Å²) in [6.45, 7) is 12.8. The van der Waals surface area contributed by atoms with Crippen molar-refractivity contribution < 1.29 is 19.1 Å². The van der Waals surface area contributed by atoms with Gasteiger partial charge in [-0.15, -0.1) is 0 Å². The number of carbonyl (C=O) groups is 2. The van der Waals surface area contributed by atoms with Crippen LogP contribution in [0.4, 0.5) is 21.0 Å². The number of benzene rings is 2. The number of urea groups is 2. The van der Waals surface area contributed by atoms with Crippen molar-refractivity contribution in [2.75, 3.05) is 50.2 Å². The first-order valence-electron chi connectivity index (χ1n) is 16.3. The SMILES string of the molecule is CCCC[C@@H](CC)COCCCNC(=O)Nc1cccc2c(NC(=O)NCCCOC[C@@H](CC)CCCC)cccc12. The smallest absolute Gasteiger partial charge is 0.319 e. The minimum Gasteiger partial charge on any atom is -0.381 e. The summed E-state index contributed by atoms with van der Waals surface area (Å²) in [5.41, 5.74) is 1.38. The summed E-state index contributed by atoms with van der Waals surface area (Å²) in [5, 5.41) is 13.4. The predicted molar refractivity (Wildman–Crippen MR) is 175 cm³/mol. The molecule has 0 aliphatic carbocycles. The fraction of sp³-hybridized carbons (Fsp3) is 0.647. The van der Waals surface area contributed by atoms with Gasteiger partial charge in [0.05, 0.1) is 11.4 Å². The molecule has 0 aromatic heterocycles. The number of hydrogen-bond acceptors (Lipinski definition) is 4. The summed E-state index contributed by atoms with van der Waals surface area (Å²) in [5.74, 6) is 1.24. The lowest BCUT2D eigenvalue weighted by Gasteiger charge is -2.15. The van der Waals surface area contributed by atoms with Crippen molar-refractivity contribution in [1.29, 1.82) is 0 Å². The quantitative estimate of drug-likeness (QED) is 0.105. The van der Waals surface area contributed by atoms with Crippen LogP contribution in [-0.4, -0.2) is 51.6 Å². The summed E-state index contributed by atoms with van der Waals surface area (Å²) in [4.78, 5) is 25.1. The number of carbonyl (C=O) groups excluding carboxylic acids is 2. The van der Waals surface area contributed by atoms with Crippen molar-refractivity contribution in [1.82, 2.24) is 10.6 Å². The molecule has 0 unspecified atom stereocenters. The highest BCUT2D eigenvalue weighted by Crippen LogP contribution is 2.29. The Morgan fingerprint density at radius 1 is 0.643 bits per heavy atom. The summed E-state index contributed by atoms with van der Waals surface area (Å²) in [7, 11) is 0. The Hall–Kier alpha value is -2.84. The van der Waals surface area contributed by atoms with Gasteiger partial charge in [0.25, 0.3) is 0 Å². The second-order valence-corrected chi connectivity index (χ2v) is 11.2. The van der Waals surface area contributed by atoms with Crippen molar-refractivity contribution in [2.24, 2.45) is 11.8 Å². The van der Waals surface area contributed by atoms with E-state index >= 15 is 0 Å². The molecule has 0 fully saturated rings. The van der Waals surface area contributed by atoms with E-state index < -0.39 is 0 Å². The van der Waals surface area contributed by atoms with Gasteiger partial charge in [-0.05, 0) is 49.7 Å². The molecular weight excluding hydrogens is 528 g/mol. The Morgan fingerprint density at radius 2 is 1.07 bits per heavy atom. The van der Waals surface area contributed by atoms with Gasteiger partial charge in [-0.25, -0.2) is 9.59 Å². The van der Waals surface area contributed by atoms with E-state index in [1.807, 2.05) is 36.4 Å². The first kappa shape index (κ1) is 35.4. The van der Waals surface area contributed by atoms with Gasteiger partial charge >= 0.3 is 12.1 Å². The van der Waals surface area contributed by atoms with Crippen LogP contribution in [0.5, 0.6) is 0 Å². The number of rotatable bonds is 22. The van der Waals surface area contributed by atoms with Crippen LogP contribution in [0.1, 0.15) is 91.9 Å². The van der Waals surface area contributed by atoms with Crippen LogP contribution in [-0.2, 0) is 9.47 Å². The predicted octanol–water partition coefficient (Wildman–Crippen LogP) is 8.33. The molecule has 0 saturated heterocycles. The van der Waals surface area contributed by atoms with Crippen molar-refractivity contribution in [2.45, 2.75) is 91.9 Å². The van der Waals surface area contributed by atoms with Crippen LogP contribution in [0.2, 0.25) is 0 Å². The van der Waals surface area contributed by atoms with E-state index in [4.69, 9.17) is 9.47 Å². The van der Waals surface area contributed by atoms with Gasteiger partial charge in [0.1, 0.15) is 0 Å². The summed E-state index contributed by atoms with van der Waals surface area (Å²) >= 11 is 0. The average molecular weight is 585 g/mol. The molecule has 8 heteroatoms. The van der Waals surface area contributed by atoms with Gasteiger partial charge < -0.3 is 30.7 Å². The first-order valence-corrected chi connectivity index (χ1v) is 16.3. The standard InChI is InChI=1S/C34H56N4O4/c1-5-9-15-27(7-3)25-41-23-13-21-35-33(39)37-31-19-11-18-30-29(31)17-12-20-32(30)38-34(40)36-22-14-24-42-26-28(8-4)16-10-6-2/h11-12,17-20,27-28H,5-10,13-16,21-26H2,1-4H3,(H2,35,37,39)(H2,36,38,40)/t27-,28+. The molecule has 0 heterocycles. The normalized spacial score (nSPS) is 12.6. The molecule has 42 heavy (non-hydrogen) atoms. The van der Waals surface area contributed by atoms with Gasteiger partial charge in [-0.2, -0.15) is 0 Å². The fourth-order valence-electron chi connectivity index (χ4n) is 4.91. The van der Waals surface area contributed by atoms with E-state index in [9.17, 15) is 9.59 Å². The number of unbranched alkanes of at least 4 members (excludes halogenated alkanes) is 2. The zero-order valence-electron chi connectivity index (χ0n) is 26.6. The maximum absolute atomic E-state index is 12.6. The Morgan fingerprint density at radius 3 is 1.45 bits per heavy atom.